The second-order valence-corrected chi connectivity index (χ2v) is 11.4. The Kier molecular flexibility index (Phi) is 6.85. The summed E-state index contributed by atoms with van der Waals surface area (Å²) in [4.78, 5) is 34.0. The highest BCUT2D eigenvalue weighted by Gasteiger charge is 2.37. The van der Waals surface area contributed by atoms with Crippen LogP contribution in [0.15, 0.2) is 77.8 Å². The second kappa shape index (κ2) is 10.2. The van der Waals surface area contributed by atoms with Gasteiger partial charge in [-0.2, -0.15) is 5.10 Å². The van der Waals surface area contributed by atoms with Crippen molar-refractivity contribution in [2.75, 3.05) is 4.90 Å². The zero-order valence-electron chi connectivity index (χ0n) is 21.1. The summed E-state index contributed by atoms with van der Waals surface area (Å²) < 4.78 is 2.76. The van der Waals surface area contributed by atoms with Gasteiger partial charge in [0.1, 0.15) is 11.7 Å². The third-order valence-electron chi connectivity index (χ3n) is 5.77. The number of thiazole rings is 1. The minimum atomic E-state index is -0.954. The molecule has 0 saturated heterocycles. The van der Waals surface area contributed by atoms with E-state index in [2.05, 4.69) is 21.3 Å². The van der Waals surface area contributed by atoms with Crippen molar-refractivity contribution in [1.29, 1.82) is 0 Å². The van der Waals surface area contributed by atoms with Crippen LogP contribution in [0.2, 0.25) is 0 Å². The van der Waals surface area contributed by atoms with E-state index in [1.807, 2.05) is 86.9 Å². The number of carbonyl (C=O) groups excluding carboxylic acids is 2. The standard InChI is InChI=1S/C29H25N5O2S2/c1-5-25-31-23(18-38-25)28(36)34(20-13-11-19(12-14-20)33-16-8-15-30-33)26(27(35)32-29(2,3)4)22-17-37-24-10-7-6-9-21(22)24/h1,6-18,26H,2-4H3,(H,32,35). The van der Waals surface area contributed by atoms with Gasteiger partial charge in [-0.05, 0) is 73.9 Å². The lowest BCUT2D eigenvalue weighted by Crippen LogP contribution is -2.49. The number of fused-ring (bicyclic) bond motifs is 1. The van der Waals surface area contributed by atoms with Gasteiger partial charge in [-0.25, -0.2) is 9.67 Å². The molecule has 0 radical (unpaired) electrons. The molecule has 5 rings (SSSR count). The number of amides is 2. The predicted molar refractivity (Wildman–Crippen MR) is 153 cm³/mol. The lowest BCUT2D eigenvalue weighted by atomic mass is 9.99. The summed E-state index contributed by atoms with van der Waals surface area (Å²) >= 11 is 2.75. The number of terminal acetylenes is 1. The summed E-state index contributed by atoms with van der Waals surface area (Å²) in [6.07, 6.45) is 9.07. The second-order valence-electron chi connectivity index (χ2n) is 9.65. The van der Waals surface area contributed by atoms with Crippen molar-refractivity contribution in [2.24, 2.45) is 0 Å². The van der Waals surface area contributed by atoms with E-state index < -0.39 is 17.5 Å². The van der Waals surface area contributed by atoms with Gasteiger partial charge < -0.3 is 5.32 Å². The Morgan fingerprint density at radius 3 is 2.47 bits per heavy atom. The Morgan fingerprint density at radius 1 is 1.05 bits per heavy atom. The fraction of sp³-hybridized carbons (Fsp3) is 0.172. The zero-order chi connectivity index (χ0) is 26.9. The molecule has 1 unspecified atom stereocenters. The monoisotopic (exact) mass is 539 g/mol. The quantitative estimate of drug-likeness (QED) is 0.276. The van der Waals surface area contributed by atoms with Crippen LogP contribution in [0.5, 0.6) is 0 Å². The summed E-state index contributed by atoms with van der Waals surface area (Å²) in [6.45, 7) is 5.75. The highest BCUT2D eigenvalue weighted by molar-refractivity contribution is 7.17. The number of hydrogen-bond acceptors (Lipinski definition) is 6. The molecule has 0 aliphatic carbocycles. The average Bonchev–Trinajstić information content (AvgIpc) is 3.67. The van der Waals surface area contributed by atoms with E-state index in [9.17, 15) is 9.59 Å². The van der Waals surface area contributed by atoms with Gasteiger partial charge in [-0.1, -0.05) is 18.2 Å². The van der Waals surface area contributed by atoms with Gasteiger partial charge in [0.05, 0.1) is 5.69 Å². The summed E-state index contributed by atoms with van der Waals surface area (Å²) in [5.74, 6) is 1.78. The third-order valence-corrected chi connectivity index (χ3v) is 7.53. The number of benzene rings is 2. The zero-order valence-corrected chi connectivity index (χ0v) is 22.7. The van der Waals surface area contributed by atoms with Crippen LogP contribution in [0.25, 0.3) is 15.8 Å². The Hall–Kier alpha value is -4.26. The number of aromatic nitrogens is 3. The average molecular weight is 540 g/mol. The number of rotatable bonds is 6. The molecule has 190 valence electrons. The molecule has 1 N–H and O–H groups in total. The van der Waals surface area contributed by atoms with Crippen LogP contribution in [-0.4, -0.2) is 32.1 Å². The molecular formula is C29H25N5O2S2. The van der Waals surface area contributed by atoms with E-state index in [1.54, 1.807) is 16.3 Å². The number of nitrogens with one attached hydrogen (secondary N) is 1. The minimum absolute atomic E-state index is 0.187. The van der Waals surface area contributed by atoms with E-state index >= 15 is 0 Å². The normalized spacial score (nSPS) is 12.2. The molecule has 7 nitrogen and oxygen atoms in total. The van der Waals surface area contributed by atoms with E-state index in [1.165, 1.54) is 27.6 Å². The van der Waals surface area contributed by atoms with Crippen LogP contribution in [0, 0.1) is 12.3 Å². The van der Waals surface area contributed by atoms with Crippen molar-refractivity contribution < 1.29 is 9.59 Å². The summed E-state index contributed by atoms with van der Waals surface area (Å²) in [7, 11) is 0. The van der Waals surface area contributed by atoms with Gasteiger partial charge in [0.25, 0.3) is 5.91 Å². The minimum Gasteiger partial charge on any atom is -0.349 e. The molecule has 38 heavy (non-hydrogen) atoms. The molecule has 2 amide bonds. The molecule has 2 aromatic carbocycles. The van der Waals surface area contributed by atoms with Crippen molar-refractivity contribution in [3.8, 4) is 18.0 Å². The molecule has 0 saturated carbocycles. The maximum absolute atomic E-state index is 14.1. The SMILES string of the molecule is C#Cc1nc(C(=O)N(c2ccc(-n3cccn3)cc2)C(C(=O)NC(C)(C)C)c2csc3ccccc23)cs1. The van der Waals surface area contributed by atoms with Crippen molar-refractivity contribution >= 4 is 50.3 Å². The van der Waals surface area contributed by atoms with Gasteiger partial charge in [-0.3, -0.25) is 14.5 Å². The van der Waals surface area contributed by atoms with Crippen molar-refractivity contribution in [3.63, 3.8) is 0 Å². The highest BCUT2D eigenvalue weighted by Crippen LogP contribution is 2.37. The Balaban J connectivity index is 1.69. The lowest BCUT2D eigenvalue weighted by Gasteiger charge is -2.33. The first kappa shape index (κ1) is 25.4. The van der Waals surface area contributed by atoms with Gasteiger partial charge in [0, 0.05) is 39.3 Å². The molecule has 0 fully saturated rings. The van der Waals surface area contributed by atoms with Gasteiger partial charge in [0.2, 0.25) is 5.91 Å². The largest absolute Gasteiger partial charge is 0.349 e. The molecule has 0 aliphatic heterocycles. The topological polar surface area (TPSA) is 80.1 Å². The molecule has 1 atom stereocenters. The highest BCUT2D eigenvalue weighted by atomic mass is 32.1. The first-order chi connectivity index (χ1) is 18.2. The number of nitrogens with zero attached hydrogens (tertiary/aromatic N) is 4. The maximum atomic E-state index is 14.1. The lowest BCUT2D eigenvalue weighted by molar-refractivity contribution is -0.123. The molecule has 0 bridgehead atoms. The molecule has 3 heterocycles. The van der Waals surface area contributed by atoms with Crippen LogP contribution in [0.1, 0.15) is 47.9 Å². The molecular weight excluding hydrogens is 514 g/mol. The van der Waals surface area contributed by atoms with E-state index in [4.69, 9.17) is 6.42 Å². The number of thiophene rings is 1. The van der Waals surface area contributed by atoms with Gasteiger partial charge in [-0.15, -0.1) is 29.1 Å². The first-order valence-corrected chi connectivity index (χ1v) is 13.6. The van der Waals surface area contributed by atoms with Crippen molar-refractivity contribution in [1.82, 2.24) is 20.1 Å². The van der Waals surface area contributed by atoms with Gasteiger partial charge in [0.15, 0.2) is 5.01 Å². The summed E-state index contributed by atoms with van der Waals surface area (Å²) in [5, 5.41) is 12.3. The van der Waals surface area contributed by atoms with Gasteiger partial charge >= 0.3 is 0 Å². The molecule has 0 aliphatic rings. The van der Waals surface area contributed by atoms with Crippen LogP contribution >= 0.6 is 22.7 Å². The van der Waals surface area contributed by atoms with Crippen molar-refractivity contribution in [3.05, 3.63) is 94.0 Å². The Morgan fingerprint density at radius 2 is 1.82 bits per heavy atom. The number of hydrogen-bond donors (Lipinski definition) is 1. The van der Waals surface area contributed by atoms with Crippen LogP contribution in [0.4, 0.5) is 5.69 Å². The molecule has 3 aromatic heterocycles. The maximum Gasteiger partial charge on any atom is 0.278 e. The van der Waals surface area contributed by atoms with Crippen LogP contribution < -0.4 is 10.2 Å². The third kappa shape index (κ3) is 5.09. The van der Waals surface area contributed by atoms with Crippen molar-refractivity contribution in [2.45, 2.75) is 32.4 Å². The van der Waals surface area contributed by atoms with Crippen LogP contribution in [0.3, 0.4) is 0 Å². The van der Waals surface area contributed by atoms with E-state index in [-0.39, 0.29) is 11.6 Å². The van der Waals surface area contributed by atoms with E-state index in [0.717, 1.165) is 21.3 Å². The fourth-order valence-electron chi connectivity index (χ4n) is 4.18. The molecule has 9 heteroatoms. The van der Waals surface area contributed by atoms with E-state index in [0.29, 0.717) is 10.7 Å². The summed E-state index contributed by atoms with van der Waals surface area (Å²) in [5.41, 5.74) is 1.78. The summed E-state index contributed by atoms with van der Waals surface area (Å²) in [6, 6.07) is 16.1. The Bertz CT molecular complexity index is 1640. The smallest absolute Gasteiger partial charge is 0.278 e. The number of anilines is 1. The molecule has 5 aromatic rings. The predicted octanol–water partition coefficient (Wildman–Crippen LogP) is 5.83. The van der Waals surface area contributed by atoms with Crippen LogP contribution in [-0.2, 0) is 4.79 Å². The number of carbonyl (C=O) groups is 2. The Labute approximate surface area is 228 Å². The fourth-order valence-corrected chi connectivity index (χ4v) is 5.75. The first-order valence-electron chi connectivity index (χ1n) is 11.9. The molecule has 0 spiro atoms.